The lowest BCUT2D eigenvalue weighted by atomic mass is 10.1. The van der Waals surface area contributed by atoms with E-state index < -0.39 is 0 Å². The molecule has 4 aromatic heterocycles. The molecule has 3 nitrogen and oxygen atoms in total. The van der Waals surface area contributed by atoms with Gasteiger partial charge in [0.25, 0.3) is 0 Å². The van der Waals surface area contributed by atoms with Crippen molar-refractivity contribution in [3.63, 3.8) is 0 Å². The Morgan fingerprint density at radius 2 is 1.12 bits per heavy atom. The summed E-state index contributed by atoms with van der Waals surface area (Å²) in [5.74, 6) is 0. The summed E-state index contributed by atoms with van der Waals surface area (Å²) in [7, 11) is 0. The van der Waals surface area contributed by atoms with Crippen LogP contribution in [0.4, 0.5) is 0 Å². The maximum absolute atomic E-state index is 6.26. The standard InChI is InChI=1S/C42H24N2OS.C4H8/c1-5-15-33-26(10-1)27-11-2-6-16-34(27)44(33)36-17-9-14-31-40-35(22-21-30-29-13-4-8-19-39(29)46-42(30)40)43(41(31)36)25-20-23-38-32(24-25)28-12-3-7-18-37(28)45-38;1-3-4-2/h1-24H;3-4H,1-2H3/b;4-3-. The molecule has 0 radical (unpaired) electrons. The molecule has 50 heavy (non-hydrogen) atoms. The Hall–Kier alpha value is -6.10. The minimum atomic E-state index is 0.903. The highest BCUT2D eigenvalue weighted by Gasteiger charge is 2.22. The third-order valence-electron chi connectivity index (χ3n) is 10.0. The minimum Gasteiger partial charge on any atom is -0.456 e. The third kappa shape index (κ3) is 4.09. The van der Waals surface area contributed by atoms with Gasteiger partial charge in [0.15, 0.2) is 0 Å². The van der Waals surface area contributed by atoms with Gasteiger partial charge in [0.05, 0.1) is 27.8 Å². The Kier molecular flexibility index (Phi) is 6.48. The van der Waals surface area contributed by atoms with Crippen LogP contribution in [-0.4, -0.2) is 9.13 Å². The summed E-state index contributed by atoms with van der Waals surface area (Å²) in [6.07, 6.45) is 4.00. The molecule has 7 aromatic carbocycles. The SMILES string of the molecule is C/C=C\C.c1ccc2c(c1)oc1ccc(-n3c4ccc5c6ccccc6sc5c4c4cccc(-n5c6ccccc6c6ccccc65)c43)cc12. The Labute approximate surface area is 292 Å². The van der Waals surface area contributed by atoms with E-state index in [1.807, 2.05) is 49.5 Å². The van der Waals surface area contributed by atoms with E-state index >= 15 is 0 Å². The molecule has 0 aliphatic rings. The van der Waals surface area contributed by atoms with E-state index in [1.165, 1.54) is 63.8 Å². The van der Waals surface area contributed by atoms with E-state index in [9.17, 15) is 0 Å². The topological polar surface area (TPSA) is 23.0 Å². The number of hydrogen-bond acceptors (Lipinski definition) is 2. The number of rotatable bonds is 2. The maximum atomic E-state index is 6.26. The second-order valence-electron chi connectivity index (χ2n) is 12.8. The van der Waals surface area contributed by atoms with Crippen LogP contribution in [0.3, 0.4) is 0 Å². The predicted molar refractivity (Wildman–Crippen MR) is 216 cm³/mol. The summed E-state index contributed by atoms with van der Waals surface area (Å²) in [5, 5.41) is 9.96. The van der Waals surface area contributed by atoms with Crippen molar-refractivity contribution in [3.05, 3.63) is 158 Å². The van der Waals surface area contributed by atoms with Gasteiger partial charge in [0, 0.05) is 58.2 Å². The van der Waals surface area contributed by atoms with Crippen LogP contribution in [0.2, 0.25) is 0 Å². The molecule has 4 heteroatoms. The Bertz CT molecular complexity index is 3070. The van der Waals surface area contributed by atoms with Gasteiger partial charge in [-0.25, -0.2) is 0 Å². The van der Waals surface area contributed by atoms with Crippen LogP contribution in [0.15, 0.2) is 162 Å². The summed E-state index contributed by atoms with van der Waals surface area (Å²) in [6, 6.07) is 52.7. The fraction of sp³-hybridized carbons (Fsp3) is 0.0435. The van der Waals surface area contributed by atoms with Crippen molar-refractivity contribution in [1.29, 1.82) is 0 Å². The number of aromatic nitrogens is 2. The molecule has 0 unspecified atom stereocenters. The Morgan fingerprint density at radius 1 is 0.480 bits per heavy atom. The highest BCUT2D eigenvalue weighted by atomic mass is 32.1. The zero-order chi connectivity index (χ0) is 33.3. The second kappa shape index (κ2) is 11.2. The predicted octanol–water partition coefficient (Wildman–Crippen LogP) is 13.7. The van der Waals surface area contributed by atoms with E-state index in [0.717, 1.165) is 33.3 Å². The van der Waals surface area contributed by atoms with E-state index in [1.54, 1.807) is 0 Å². The number of furan rings is 1. The monoisotopic (exact) mass is 660 g/mol. The lowest BCUT2D eigenvalue weighted by molar-refractivity contribution is 0.669. The number of para-hydroxylation sites is 4. The summed E-state index contributed by atoms with van der Waals surface area (Å²) < 4.78 is 13.8. The summed E-state index contributed by atoms with van der Waals surface area (Å²) in [6.45, 7) is 4.00. The van der Waals surface area contributed by atoms with Gasteiger partial charge in [-0.1, -0.05) is 103 Å². The van der Waals surface area contributed by atoms with Crippen LogP contribution < -0.4 is 0 Å². The number of thiophene rings is 1. The zero-order valence-electron chi connectivity index (χ0n) is 27.7. The zero-order valence-corrected chi connectivity index (χ0v) is 28.5. The molecule has 238 valence electrons. The van der Waals surface area contributed by atoms with Gasteiger partial charge in [-0.3, -0.25) is 0 Å². The van der Waals surface area contributed by atoms with Crippen LogP contribution in [0, 0.1) is 0 Å². The number of nitrogens with zero attached hydrogens (tertiary/aromatic N) is 2. The number of fused-ring (bicyclic) bond motifs is 13. The average Bonchev–Trinajstić information content (AvgIpc) is 3.92. The van der Waals surface area contributed by atoms with Crippen LogP contribution in [-0.2, 0) is 0 Å². The molecule has 0 saturated heterocycles. The average molecular weight is 661 g/mol. The van der Waals surface area contributed by atoms with Crippen molar-refractivity contribution in [3.8, 4) is 11.4 Å². The van der Waals surface area contributed by atoms with Gasteiger partial charge >= 0.3 is 0 Å². The van der Waals surface area contributed by atoms with Crippen LogP contribution in [0.1, 0.15) is 13.8 Å². The van der Waals surface area contributed by atoms with Crippen LogP contribution >= 0.6 is 11.3 Å². The molecule has 0 spiro atoms. The van der Waals surface area contributed by atoms with Crippen molar-refractivity contribution >= 4 is 97.1 Å². The number of hydrogen-bond donors (Lipinski definition) is 0. The van der Waals surface area contributed by atoms with E-state index in [-0.39, 0.29) is 0 Å². The lowest BCUT2D eigenvalue weighted by Crippen LogP contribution is -2.00. The summed E-state index contributed by atoms with van der Waals surface area (Å²) >= 11 is 1.89. The van der Waals surface area contributed by atoms with Crippen LogP contribution in [0.25, 0.3) is 97.1 Å². The second-order valence-corrected chi connectivity index (χ2v) is 13.8. The largest absolute Gasteiger partial charge is 0.456 e. The quantitative estimate of drug-likeness (QED) is 0.169. The molecule has 0 aliphatic carbocycles. The first-order chi connectivity index (χ1) is 24.7. The van der Waals surface area contributed by atoms with Gasteiger partial charge in [-0.05, 0) is 68.4 Å². The molecular formula is C46H32N2OS. The molecule has 0 bridgehead atoms. The van der Waals surface area contributed by atoms with Gasteiger partial charge in [0.1, 0.15) is 11.2 Å². The smallest absolute Gasteiger partial charge is 0.135 e. The summed E-state index contributed by atoms with van der Waals surface area (Å²) in [4.78, 5) is 0. The number of allylic oxidation sites excluding steroid dienone is 2. The molecule has 4 heterocycles. The first-order valence-electron chi connectivity index (χ1n) is 17.1. The first-order valence-corrected chi connectivity index (χ1v) is 17.9. The van der Waals surface area contributed by atoms with Gasteiger partial charge in [-0.2, -0.15) is 0 Å². The molecule has 0 N–H and O–H groups in total. The minimum absolute atomic E-state index is 0.903. The lowest BCUT2D eigenvalue weighted by Gasteiger charge is -2.14. The van der Waals surface area contributed by atoms with E-state index in [4.69, 9.17) is 4.42 Å². The molecule has 0 aliphatic heterocycles. The molecule has 0 fully saturated rings. The number of benzene rings is 7. The van der Waals surface area contributed by atoms with Crippen molar-refractivity contribution < 1.29 is 4.42 Å². The normalized spacial score (nSPS) is 12.1. The summed E-state index contributed by atoms with van der Waals surface area (Å²) in [5.41, 5.74) is 8.91. The molecule has 0 saturated carbocycles. The van der Waals surface area contributed by atoms with Gasteiger partial charge in [-0.15, -0.1) is 11.3 Å². The third-order valence-corrected chi connectivity index (χ3v) is 11.3. The fourth-order valence-corrected chi connectivity index (χ4v) is 9.06. The molecule has 11 rings (SSSR count). The van der Waals surface area contributed by atoms with Crippen molar-refractivity contribution in [2.75, 3.05) is 0 Å². The molecular weight excluding hydrogens is 629 g/mol. The van der Waals surface area contributed by atoms with Crippen molar-refractivity contribution in [1.82, 2.24) is 9.13 Å². The maximum Gasteiger partial charge on any atom is 0.135 e. The first kappa shape index (κ1) is 28.9. The van der Waals surface area contributed by atoms with Crippen molar-refractivity contribution in [2.45, 2.75) is 13.8 Å². The van der Waals surface area contributed by atoms with E-state index in [2.05, 4.69) is 143 Å². The Balaban J connectivity index is 0.000000754. The fourth-order valence-electron chi connectivity index (χ4n) is 7.80. The highest BCUT2D eigenvalue weighted by Crippen LogP contribution is 2.46. The van der Waals surface area contributed by atoms with Gasteiger partial charge in [0.2, 0.25) is 0 Å². The molecule has 0 amide bonds. The Morgan fingerprint density at radius 3 is 1.88 bits per heavy atom. The molecule has 0 atom stereocenters. The molecule has 11 aromatic rings. The highest BCUT2D eigenvalue weighted by molar-refractivity contribution is 7.26. The van der Waals surface area contributed by atoms with Gasteiger partial charge < -0.3 is 13.6 Å². The van der Waals surface area contributed by atoms with Crippen molar-refractivity contribution in [2.24, 2.45) is 0 Å². The van der Waals surface area contributed by atoms with E-state index in [0.29, 0.717) is 0 Å². The van der Waals surface area contributed by atoms with Crippen LogP contribution in [0.5, 0.6) is 0 Å².